The number of nitrogens with one attached hydrogen (secondary N) is 2. The van der Waals surface area contributed by atoms with E-state index in [0.717, 1.165) is 44.3 Å². The highest BCUT2D eigenvalue weighted by Crippen LogP contribution is 2.33. The monoisotopic (exact) mass is 609 g/mol. The van der Waals surface area contributed by atoms with Crippen molar-refractivity contribution in [3.63, 3.8) is 0 Å². The summed E-state index contributed by atoms with van der Waals surface area (Å²) >= 11 is 0. The van der Waals surface area contributed by atoms with Crippen LogP contribution in [0.15, 0.2) is 107 Å². The molecule has 2 N–H and O–H groups in total. The molecule has 3 aromatic carbocycles. The van der Waals surface area contributed by atoms with Gasteiger partial charge in [-0.15, -0.1) is 0 Å². The lowest BCUT2D eigenvalue weighted by Gasteiger charge is -2.37. The average molecular weight is 610 g/mol. The summed E-state index contributed by atoms with van der Waals surface area (Å²) in [7, 11) is -3.77. The van der Waals surface area contributed by atoms with Crippen LogP contribution in [0.4, 0.5) is 11.5 Å². The van der Waals surface area contributed by atoms with Crippen LogP contribution >= 0.6 is 0 Å². The number of nitrogens with zero attached hydrogens (tertiary/aromatic N) is 3. The van der Waals surface area contributed by atoms with E-state index in [1.807, 2.05) is 6.92 Å². The minimum atomic E-state index is -3.77. The fourth-order valence-electron chi connectivity index (χ4n) is 6.18. The highest BCUT2D eigenvalue weighted by molar-refractivity contribution is 7.90. The van der Waals surface area contributed by atoms with E-state index in [2.05, 4.69) is 81.2 Å². The van der Waals surface area contributed by atoms with Crippen LogP contribution in [0.25, 0.3) is 0 Å². The van der Waals surface area contributed by atoms with Crippen molar-refractivity contribution in [1.29, 1.82) is 0 Å². The third-order valence-electron chi connectivity index (χ3n) is 8.68. The number of carbonyl (C=O) groups excluding carboxylic acids is 1. The van der Waals surface area contributed by atoms with Gasteiger partial charge in [0.1, 0.15) is 11.9 Å². The van der Waals surface area contributed by atoms with Gasteiger partial charge in [0.05, 0.1) is 17.1 Å². The van der Waals surface area contributed by atoms with Crippen LogP contribution < -0.4 is 10.6 Å². The van der Waals surface area contributed by atoms with Crippen LogP contribution in [0, 0.1) is 12.8 Å². The van der Waals surface area contributed by atoms with Gasteiger partial charge in [-0.1, -0.05) is 78.4 Å². The number of ketones is 1. The van der Waals surface area contributed by atoms with E-state index in [-0.39, 0.29) is 29.3 Å². The zero-order valence-corrected chi connectivity index (χ0v) is 25.8. The topological polar surface area (TPSA) is 95.8 Å². The van der Waals surface area contributed by atoms with Crippen LogP contribution in [0.5, 0.6) is 0 Å². The first-order chi connectivity index (χ1) is 21.4. The smallest absolute Gasteiger partial charge is 0.269 e. The zero-order valence-electron chi connectivity index (χ0n) is 25.0. The third-order valence-corrected chi connectivity index (χ3v) is 10.4. The maximum atomic E-state index is 13.2. The van der Waals surface area contributed by atoms with Crippen molar-refractivity contribution in [3.8, 4) is 0 Å². The number of aliphatic imine (C=N–C) groups is 1. The predicted molar refractivity (Wildman–Crippen MR) is 175 cm³/mol. The average Bonchev–Trinajstić information content (AvgIpc) is 3.49. The van der Waals surface area contributed by atoms with E-state index in [9.17, 15) is 13.2 Å². The Hall–Kier alpha value is -4.05. The fraction of sp³-hybridized carbons (Fsp3) is 0.314. The van der Waals surface area contributed by atoms with E-state index in [0.29, 0.717) is 17.5 Å². The Morgan fingerprint density at radius 3 is 2.11 bits per heavy atom. The molecule has 1 aliphatic carbocycles. The molecule has 1 atom stereocenters. The molecule has 1 unspecified atom stereocenters. The molecule has 2 aliphatic rings. The summed E-state index contributed by atoms with van der Waals surface area (Å²) in [5.41, 5.74) is 4.20. The molecule has 0 saturated heterocycles. The lowest BCUT2D eigenvalue weighted by Crippen LogP contribution is -2.44. The molecule has 0 spiro atoms. The Balaban J connectivity index is 1.03. The molecule has 9 heteroatoms. The number of anilines is 1. The second-order valence-electron chi connectivity index (χ2n) is 11.8. The quantitative estimate of drug-likeness (QED) is 0.220. The maximum Gasteiger partial charge on any atom is 0.269 e. The molecule has 0 radical (unpaired) electrons. The minimum absolute atomic E-state index is 0.0332. The number of carbonyl (C=O) groups is 1. The number of fused-ring (bicyclic) bond motifs is 1. The van der Waals surface area contributed by atoms with E-state index in [1.165, 1.54) is 21.3 Å². The molecule has 228 valence electrons. The van der Waals surface area contributed by atoms with Crippen molar-refractivity contribution in [3.05, 3.63) is 114 Å². The number of aromatic nitrogens is 1. The number of benzene rings is 3. The molecule has 0 amide bonds. The first-order valence-corrected chi connectivity index (χ1v) is 16.7. The molecular formula is C35H39N5O3S. The molecule has 0 bridgehead atoms. The van der Waals surface area contributed by atoms with Crippen LogP contribution in [0.2, 0.25) is 0 Å². The summed E-state index contributed by atoms with van der Waals surface area (Å²) in [5, 5.41) is 6.54. The molecule has 8 nitrogen and oxygen atoms in total. The Bertz CT molecular complexity index is 1650. The molecule has 1 saturated carbocycles. The molecule has 6 rings (SSSR count). The molecule has 44 heavy (non-hydrogen) atoms. The molecular weight excluding hydrogens is 570 g/mol. The second kappa shape index (κ2) is 13.3. The van der Waals surface area contributed by atoms with Crippen molar-refractivity contribution in [2.45, 2.75) is 62.8 Å². The van der Waals surface area contributed by atoms with Gasteiger partial charge in [0.2, 0.25) is 0 Å². The van der Waals surface area contributed by atoms with Crippen molar-refractivity contribution in [2.75, 3.05) is 11.9 Å². The van der Waals surface area contributed by atoms with E-state index in [4.69, 9.17) is 0 Å². The van der Waals surface area contributed by atoms with Crippen LogP contribution in [-0.4, -0.2) is 48.0 Å². The standard InChI is InChI=1S/C35H39N5O3S/c1-26-12-18-31(19-13-26)44(42,43)40-21-20-32-35(40)37-23-34(38-32)36-22-33(41)29-14-16-30(17-15-29)39(24-27-8-4-2-5-9-27)25-28-10-6-3-7-11-28/h2-13,18-21,23,29-30,34,36,38H,14-17,22,24-25H2,1H3. The van der Waals surface area contributed by atoms with Crippen molar-refractivity contribution in [1.82, 2.24) is 14.2 Å². The Morgan fingerprint density at radius 2 is 1.50 bits per heavy atom. The molecule has 4 aromatic rings. The fourth-order valence-corrected chi connectivity index (χ4v) is 7.49. The third kappa shape index (κ3) is 6.85. The van der Waals surface area contributed by atoms with Crippen molar-refractivity contribution >= 4 is 33.5 Å². The molecule has 1 fully saturated rings. The van der Waals surface area contributed by atoms with E-state index in [1.54, 1.807) is 36.5 Å². The summed E-state index contributed by atoms with van der Waals surface area (Å²) < 4.78 is 27.6. The molecule has 2 heterocycles. The van der Waals surface area contributed by atoms with Gasteiger partial charge in [0.15, 0.2) is 5.82 Å². The highest BCUT2D eigenvalue weighted by Gasteiger charge is 2.30. The SMILES string of the molecule is Cc1ccc(S(=O)(=O)n2ccc3c2N=CC(NCC(=O)C2CCC(N(Cc4ccccc4)Cc4ccccc4)CC2)N3)cc1. The lowest BCUT2D eigenvalue weighted by atomic mass is 9.82. The first kappa shape index (κ1) is 30.0. The number of Topliss-reactive ketones (excluding diaryl/α,β-unsaturated/α-hetero) is 1. The minimum Gasteiger partial charge on any atom is -0.362 e. The van der Waals surface area contributed by atoms with Gasteiger partial charge in [0, 0.05) is 37.5 Å². The predicted octanol–water partition coefficient (Wildman–Crippen LogP) is 5.91. The number of rotatable bonds is 11. The Labute approximate surface area is 259 Å². The lowest BCUT2D eigenvalue weighted by molar-refractivity contribution is -0.123. The summed E-state index contributed by atoms with van der Waals surface area (Å²) in [6.45, 7) is 3.93. The van der Waals surface area contributed by atoms with E-state index >= 15 is 0 Å². The van der Waals surface area contributed by atoms with Crippen LogP contribution in [0.3, 0.4) is 0 Å². The Morgan fingerprint density at radius 1 is 0.886 bits per heavy atom. The van der Waals surface area contributed by atoms with Gasteiger partial charge < -0.3 is 5.32 Å². The van der Waals surface area contributed by atoms with Gasteiger partial charge in [0.25, 0.3) is 10.0 Å². The van der Waals surface area contributed by atoms with E-state index < -0.39 is 10.0 Å². The van der Waals surface area contributed by atoms with Gasteiger partial charge >= 0.3 is 0 Å². The highest BCUT2D eigenvalue weighted by atomic mass is 32.2. The number of aryl methyl sites for hydroxylation is 1. The normalized spacial score (nSPS) is 19.8. The molecule has 1 aliphatic heterocycles. The van der Waals surface area contributed by atoms with Gasteiger partial charge in [-0.05, 0) is 61.9 Å². The summed E-state index contributed by atoms with van der Waals surface area (Å²) in [6.07, 6.45) is 6.50. The van der Waals surface area contributed by atoms with Crippen molar-refractivity contribution in [2.24, 2.45) is 10.9 Å². The zero-order chi connectivity index (χ0) is 30.5. The largest absolute Gasteiger partial charge is 0.362 e. The second-order valence-corrected chi connectivity index (χ2v) is 13.6. The van der Waals surface area contributed by atoms with Gasteiger partial charge in [-0.25, -0.2) is 17.4 Å². The number of hydrogen-bond donors (Lipinski definition) is 2. The van der Waals surface area contributed by atoms with Crippen LogP contribution in [0.1, 0.15) is 42.4 Å². The Kier molecular flexibility index (Phi) is 9.07. The number of hydrogen-bond acceptors (Lipinski definition) is 7. The maximum absolute atomic E-state index is 13.2. The van der Waals surface area contributed by atoms with Crippen LogP contribution in [-0.2, 0) is 27.9 Å². The van der Waals surface area contributed by atoms with Gasteiger partial charge in [-0.2, -0.15) is 0 Å². The first-order valence-electron chi connectivity index (χ1n) is 15.3. The summed E-state index contributed by atoms with van der Waals surface area (Å²) in [4.78, 5) is 20.5. The van der Waals surface area contributed by atoms with Crippen molar-refractivity contribution < 1.29 is 13.2 Å². The van der Waals surface area contributed by atoms with Gasteiger partial charge in [-0.3, -0.25) is 15.0 Å². The summed E-state index contributed by atoms with van der Waals surface area (Å²) in [5.74, 6) is 0.566. The molecule has 1 aromatic heterocycles. The summed E-state index contributed by atoms with van der Waals surface area (Å²) in [6, 6.07) is 30.1.